The van der Waals surface area contributed by atoms with Gasteiger partial charge in [-0.25, -0.2) is 9.97 Å². The zero-order valence-corrected chi connectivity index (χ0v) is 14.2. The van der Waals surface area contributed by atoms with Crippen LogP contribution in [0.4, 0.5) is 5.82 Å². The Kier molecular flexibility index (Phi) is 4.03. The average molecular weight is 315 g/mol. The van der Waals surface area contributed by atoms with Crippen LogP contribution in [0.15, 0.2) is 6.33 Å². The van der Waals surface area contributed by atoms with Gasteiger partial charge in [-0.15, -0.1) is 11.3 Å². The molecule has 2 aliphatic rings. The zero-order chi connectivity index (χ0) is 14.9. The van der Waals surface area contributed by atoms with Gasteiger partial charge >= 0.3 is 0 Å². The van der Waals surface area contributed by atoms with Crippen molar-refractivity contribution >= 4 is 27.4 Å². The summed E-state index contributed by atoms with van der Waals surface area (Å²) in [5.74, 6) is 2.06. The highest BCUT2D eigenvalue weighted by Crippen LogP contribution is 2.39. The van der Waals surface area contributed by atoms with Gasteiger partial charge < -0.3 is 5.32 Å². The van der Waals surface area contributed by atoms with E-state index >= 15 is 0 Å². The average Bonchev–Trinajstić information content (AvgIpc) is 3.10. The molecule has 2 aliphatic carbocycles. The summed E-state index contributed by atoms with van der Waals surface area (Å²) in [4.78, 5) is 11.8. The van der Waals surface area contributed by atoms with Crippen molar-refractivity contribution in [2.45, 2.75) is 70.8 Å². The van der Waals surface area contributed by atoms with Crippen LogP contribution in [0.1, 0.15) is 62.3 Å². The summed E-state index contributed by atoms with van der Waals surface area (Å²) in [5.41, 5.74) is 1.53. The molecule has 1 saturated carbocycles. The number of aryl methyl sites for hydroxylation is 2. The molecule has 3 nitrogen and oxygen atoms in total. The third-order valence-corrected chi connectivity index (χ3v) is 6.59. The number of fused-ring (bicyclic) bond motifs is 3. The van der Waals surface area contributed by atoms with E-state index in [1.807, 2.05) is 11.3 Å². The Morgan fingerprint density at radius 2 is 2.05 bits per heavy atom. The van der Waals surface area contributed by atoms with Gasteiger partial charge in [0.25, 0.3) is 0 Å². The lowest BCUT2D eigenvalue weighted by Gasteiger charge is -2.29. The summed E-state index contributed by atoms with van der Waals surface area (Å²) in [7, 11) is 0. The van der Waals surface area contributed by atoms with Crippen LogP contribution >= 0.6 is 11.3 Å². The smallest absolute Gasteiger partial charge is 0.138 e. The summed E-state index contributed by atoms with van der Waals surface area (Å²) in [5, 5.41) is 5.09. The number of hydrogen-bond acceptors (Lipinski definition) is 4. The zero-order valence-electron chi connectivity index (χ0n) is 13.4. The molecule has 0 bridgehead atoms. The minimum Gasteiger partial charge on any atom is -0.367 e. The summed E-state index contributed by atoms with van der Waals surface area (Å²) in [6, 6.07) is 0.600. The number of hydrogen-bond donors (Lipinski definition) is 1. The van der Waals surface area contributed by atoms with Gasteiger partial charge in [-0.3, -0.25) is 0 Å². The lowest BCUT2D eigenvalue weighted by atomic mass is 9.83. The summed E-state index contributed by atoms with van der Waals surface area (Å²) < 4.78 is 0. The first-order valence-corrected chi connectivity index (χ1v) is 9.68. The first-order valence-electron chi connectivity index (χ1n) is 8.87. The topological polar surface area (TPSA) is 37.8 Å². The molecule has 0 aliphatic heterocycles. The number of aromatic nitrogens is 2. The monoisotopic (exact) mass is 315 g/mol. The van der Waals surface area contributed by atoms with Crippen LogP contribution in [-0.4, -0.2) is 16.0 Å². The molecule has 4 rings (SSSR count). The van der Waals surface area contributed by atoms with E-state index in [1.165, 1.54) is 73.6 Å². The van der Waals surface area contributed by atoms with E-state index in [4.69, 9.17) is 0 Å². The molecular formula is C18H25N3S. The van der Waals surface area contributed by atoms with E-state index in [-0.39, 0.29) is 0 Å². The molecule has 22 heavy (non-hydrogen) atoms. The van der Waals surface area contributed by atoms with E-state index in [9.17, 15) is 0 Å². The van der Waals surface area contributed by atoms with E-state index in [1.54, 1.807) is 11.2 Å². The molecule has 0 amide bonds. The van der Waals surface area contributed by atoms with Crippen LogP contribution in [0.25, 0.3) is 10.2 Å². The first-order chi connectivity index (χ1) is 10.8. The van der Waals surface area contributed by atoms with Crippen molar-refractivity contribution in [2.75, 3.05) is 5.32 Å². The van der Waals surface area contributed by atoms with Crippen molar-refractivity contribution < 1.29 is 0 Å². The molecule has 4 heteroatoms. The van der Waals surface area contributed by atoms with Crippen molar-refractivity contribution in [1.82, 2.24) is 9.97 Å². The van der Waals surface area contributed by atoms with Gasteiger partial charge in [0, 0.05) is 10.9 Å². The molecule has 2 aromatic heterocycles. The predicted molar refractivity (Wildman–Crippen MR) is 93.7 cm³/mol. The highest BCUT2D eigenvalue weighted by Gasteiger charge is 2.24. The molecule has 0 saturated heterocycles. The normalized spacial score (nSPS) is 24.6. The highest BCUT2D eigenvalue weighted by atomic mass is 32.1. The van der Waals surface area contributed by atoms with Crippen LogP contribution in [0.3, 0.4) is 0 Å². The molecule has 2 aromatic rings. The molecule has 0 atom stereocenters. The van der Waals surface area contributed by atoms with Gasteiger partial charge in [0.05, 0.1) is 5.39 Å². The quantitative estimate of drug-likeness (QED) is 0.867. The van der Waals surface area contributed by atoms with Crippen molar-refractivity contribution in [3.05, 3.63) is 16.8 Å². The second-order valence-electron chi connectivity index (χ2n) is 6.91. The lowest BCUT2D eigenvalue weighted by Crippen LogP contribution is -2.26. The fourth-order valence-corrected chi connectivity index (χ4v) is 5.46. The van der Waals surface area contributed by atoms with E-state index in [2.05, 4.69) is 22.2 Å². The highest BCUT2D eigenvalue weighted by molar-refractivity contribution is 7.19. The van der Waals surface area contributed by atoms with Gasteiger partial charge in [-0.05, 0) is 56.4 Å². The maximum atomic E-state index is 4.59. The first kappa shape index (κ1) is 14.4. The van der Waals surface area contributed by atoms with E-state index in [0.29, 0.717) is 6.04 Å². The predicted octanol–water partition coefficient (Wildman–Crippen LogP) is 4.95. The van der Waals surface area contributed by atoms with Gasteiger partial charge in [-0.2, -0.15) is 0 Å². The van der Waals surface area contributed by atoms with Crippen LogP contribution in [0, 0.1) is 5.92 Å². The largest absolute Gasteiger partial charge is 0.367 e. The molecule has 0 unspecified atom stereocenters. The molecule has 0 radical (unpaired) electrons. The number of thiophene rings is 1. The number of nitrogens with zero attached hydrogens (tertiary/aromatic N) is 2. The molecule has 1 N–H and O–H groups in total. The molecule has 0 aromatic carbocycles. The third-order valence-electron chi connectivity index (χ3n) is 5.39. The molecular weight excluding hydrogens is 290 g/mol. The summed E-state index contributed by atoms with van der Waals surface area (Å²) >= 11 is 1.88. The lowest BCUT2D eigenvalue weighted by molar-refractivity contribution is 0.318. The van der Waals surface area contributed by atoms with Crippen molar-refractivity contribution in [2.24, 2.45) is 5.92 Å². The molecule has 2 heterocycles. The standard InChI is InChI=1S/C18H25N3S/c1-2-4-12-7-9-13(10-8-12)21-17-16-14-5-3-6-15(14)22-18(16)20-11-19-17/h11-13H,2-10H2,1H3,(H,19,20,21). The Morgan fingerprint density at radius 1 is 1.18 bits per heavy atom. The van der Waals surface area contributed by atoms with Gasteiger partial charge in [0.15, 0.2) is 0 Å². The molecule has 0 spiro atoms. The van der Waals surface area contributed by atoms with Crippen LogP contribution < -0.4 is 5.32 Å². The van der Waals surface area contributed by atoms with E-state index < -0.39 is 0 Å². The maximum absolute atomic E-state index is 4.59. The second-order valence-corrected chi connectivity index (χ2v) is 7.99. The van der Waals surface area contributed by atoms with Gasteiger partial charge in [-0.1, -0.05) is 19.8 Å². The Hall–Kier alpha value is -1.16. The SMILES string of the molecule is CCCC1CCC(Nc2ncnc3sc4c(c23)CCC4)CC1. The fraction of sp³-hybridized carbons (Fsp3) is 0.667. The summed E-state index contributed by atoms with van der Waals surface area (Å²) in [6.07, 6.45) is 13.6. The Balaban J connectivity index is 1.53. The number of anilines is 1. The minimum absolute atomic E-state index is 0.600. The number of nitrogens with one attached hydrogen (secondary N) is 1. The second kappa shape index (κ2) is 6.15. The van der Waals surface area contributed by atoms with Crippen molar-refractivity contribution in [1.29, 1.82) is 0 Å². The van der Waals surface area contributed by atoms with Crippen molar-refractivity contribution in [3.63, 3.8) is 0 Å². The fourth-order valence-electron chi connectivity index (χ4n) is 4.24. The Labute approximate surface area is 136 Å². The van der Waals surface area contributed by atoms with Crippen LogP contribution in [0.5, 0.6) is 0 Å². The molecule has 1 fully saturated rings. The van der Waals surface area contributed by atoms with Gasteiger partial charge in [0.1, 0.15) is 17.0 Å². The molecule has 118 valence electrons. The summed E-state index contributed by atoms with van der Waals surface area (Å²) in [6.45, 7) is 2.30. The third kappa shape index (κ3) is 2.62. The minimum atomic E-state index is 0.600. The van der Waals surface area contributed by atoms with Crippen LogP contribution in [0.2, 0.25) is 0 Å². The maximum Gasteiger partial charge on any atom is 0.138 e. The Morgan fingerprint density at radius 3 is 2.86 bits per heavy atom. The Bertz CT molecular complexity index is 656. The van der Waals surface area contributed by atoms with Crippen LogP contribution in [-0.2, 0) is 12.8 Å². The van der Waals surface area contributed by atoms with E-state index in [0.717, 1.165) is 11.7 Å². The number of rotatable bonds is 4. The van der Waals surface area contributed by atoms with Crippen molar-refractivity contribution in [3.8, 4) is 0 Å². The van der Waals surface area contributed by atoms with Gasteiger partial charge in [0.2, 0.25) is 0 Å².